The van der Waals surface area contributed by atoms with Gasteiger partial charge in [-0.3, -0.25) is 4.68 Å². The average Bonchev–Trinajstić information content (AvgIpc) is 2.30. The predicted molar refractivity (Wildman–Crippen MR) is 42.0 cm³/mol. The van der Waals surface area contributed by atoms with E-state index < -0.39 is 0 Å². The molecule has 0 radical (unpaired) electrons. The highest BCUT2D eigenvalue weighted by atomic mass is 15.3. The average molecular weight is 149 g/mol. The molecule has 0 N–H and O–H groups in total. The van der Waals surface area contributed by atoms with Gasteiger partial charge >= 0.3 is 0 Å². The van der Waals surface area contributed by atoms with Crippen molar-refractivity contribution in [1.82, 2.24) is 9.78 Å². The van der Waals surface area contributed by atoms with Crippen LogP contribution in [0.15, 0.2) is 6.07 Å². The van der Waals surface area contributed by atoms with Crippen LogP contribution < -0.4 is 0 Å². The van der Waals surface area contributed by atoms with Gasteiger partial charge in [-0.15, -0.1) is 0 Å². The highest BCUT2D eigenvalue weighted by Gasteiger charge is 2.06. The Morgan fingerprint density at radius 2 is 2.27 bits per heavy atom. The SMILES string of the molecule is CC(C)c1cc(C#N)nn1C. The number of hydrogen-bond donors (Lipinski definition) is 0. The molecule has 3 nitrogen and oxygen atoms in total. The van der Waals surface area contributed by atoms with Crippen molar-refractivity contribution in [3.05, 3.63) is 17.5 Å². The number of nitriles is 1. The molecule has 1 heterocycles. The maximum atomic E-state index is 8.53. The number of hydrogen-bond acceptors (Lipinski definition) is 2. The molecule has 0 amide bonds. The molecule has 0 fully saturated rings. The molecule has 11 heavy (non-hydrogen) atoms. The number of nitrogens with zero attached hydrogens (tertiary/aromatic N) is 3. The van der Waals surface area contributed by atoms with Gasteiger partial charge in [0.2, 0.25) is 0 Å². The first-order valence-corrected chi connectivity index (χ1v) is 3.59. The Labute approximate surface area is 66.3 Å². The van der Waals surface area contributed by atoms with Gasteiger partial charge in [0, 0.05) is 12.7 Å². The van der Waals surface area contributed by atoms with Crippen molar-refractivity contribution in [2.24, 2.45) is 7.05 Å². The molecule has 1 rings (SSSR count). The lowest BCUT2D eigenvalue weighted by molar-refractivity contribution is 0.668. The monoisotopic (exact) mass is 149 g/mol. The second-order valence-electron chi connectivity index (χ2n) is 2.84. The fourth-order valence-corrected chi connectivity index (χ4v) is 1.08. The van der Waals surface area contributed by atoms with E-state index in [4.69, 9.17) is 5.26 Å². The minimum atomic E-state index is 0.426. The summed E-state index contributed by atoms with van der Waals surface area (Å²) in [5, 5.41) is 12.5. The summed E-state index contributed by atoms with van der Waals surface area (Å²) < 4.78 is 1.75. The molecule has 0 aromatic carbocycles. The fraction of sp³-hybridized carbons (Fsp3) is 0.500. The lowest BCUT2D eigenvalue weighted by Crippen LogP contribution is -1.99. The Hall–Kier alpha value is -1.30. The third-order valence-electron chi connectivity index (χ3n) is 1.62. The van der Waals surface area contributed by atoms with E-state index in [-0.39, 0.29) is 0 Å². The molecule has 0 unspecified atom stereocenters. The van der Waals surface area contributed by atoms with Crippen molar-refractivity contribution in [1.29, 1.82) is 5.26 Å². The molecule has 0 saturated heterocycles. The summed E-state index contributed by atoms with van der Waals surface area (Å²) in [5.41, 5.74) is 1.60. The highest BCUT2D eigenvalue weighted by molar-refractivity contribution is 5.23. The molecule has 1 aromatic heterocycles. The zero-order valence-electron chi connectivity index (χ0n) is 7.00. The van der Waals surface area contributed by atoms with Gasteiger partial charge in [0.05, 0.1) is 0 Å². The zero-order chi connectivity index (χ0) is 8.43. The molecule has 58 valence electrons. The van der Waals surface area contributed by atoms with Gasteiger partial charge in [0.1, 0.15) is 6.07 Å². The van der Waals surface area contributed by atoms with Crippen LogP contribution in [-0.4, -0.2) is 9.78 Å². The van der Waals surface area contributed by atoms with Gasteiger partial charge in [-0.05, 0) is 12.0 Å². The van der Waals surface area contributed by atoms with Crippen LogP contribution in [0, 0.1) is 11.3 Å². The normalized spacial score (nSPS) is 10.1. The molecule has 0 aliphatic rings. The summed E-state index contributed by atoms with van der Waals surface area (Å²) in [6.07, 6.45) is 0. The first-order valence-electron chi connectivity index (χ1n) is 3.59. The summed E-state index contributed by atoms with van der Waals surface area (Å²) in [5.74, 6) is 0.426. The maximum absolute atomic E-state index is 8.53. The summed E-state index contributed by atoms with van der Waals surface area (Å²) >= 11 is 0. The molecule has 3 heteroatoms. The molecule has 0 atom stereocenters. The van der Waals surface area contributed by atoms with E-state index in [0.29, 0.717) is 11.6 Å². The van der Waals surface area contributed by atoms with Gasteiger partial charge in [-0.1, -0.05) is 13.8 Å². The third-order valence-corrected chi connectivity index (χ3v) is 1.62. The number of aryl methyl sites for hydroxylation is 1. The molecule has 0 aliphatic heterocycles. The third kappa shape index (κ3) is 1.40. The standard InChI is InChI=1S/C8H11N3/c1-6(2)8-4-7(5-9)10-11(8)3/h4,6H,1-3H3. The Morgan fingerprint density at radius 3 is 2.55 bits per heavy atom. The van der Waals surface area contributed by atoms with E-state index in [0.717, 1.165) is 5.69 Å². The number of aromatic nitrogens is 2. The Balaban J connectivity index is 3.09. The van der Waals surface area contributed by atoms with Gasteiger partial charge in [-0.25, -0.2) is 0 Å². The van der Waals surface area contributed by atoms with Crippen molar-refractivity contribution in [3.63, 3.8) is 0 Å². The zero-order valence-corrected chi connectivity index (χ0v) is 7.00. The van der Waals surface area contributed by atoms with Gasteiger partial charge in [-0.2, -0.15) is 10.4 Å². The van der Waals surface area contributed by atoms with E-state index in [2.05, 4.69) is 18.9 Å². The summed E-state index contributed by atoms with van der Waals surface area (Å²) in [6.45, 7) is 4.16. The van der Waals surface area contributed by atoms with Crippen LogP contribution in [0.4, 0.5) is 0 Å². The number of rotatable bonds is 1. The minimum Gasteiger partial charge on any atom is -0.271 e. The molecule has 0 aliphatic carbocycles. The van der Waals surface area contributed by atoms with Crippen molar-refractivity contribution in [2.45, 2.75) is 19.8 Å². The van der Waals surface area contributed by atoms with E-state index in [1.807, 2.05) is 19.2 Å². The quantitative estimate of drug-likeness (QED) is 0.605. The lowest BCUT2D eigenvalue weighted by Gasteiger charge is -2.02. The van der Waals surface area contributed by atoms with E-state index in [1.165, 1.54) is 0 Å². The van der Waals surface area contributed by atoms with Crippen molar-refractivity contribution in [3.8, 4) is 6.07 Å². The minimum absolute atomic E-state index is 0.426. The maximum Gasteiger partial charge on any atom is 0.162 e. The Kier molecular flexibility index (Phi) is 1.95. The van der Waals surface area contributed by atoms with Crippen LogP contribution in [0.1, 0.15) is 31.2 Å². The predicted octanol–water partition coefficient (Wildman–Crippen LogP) is 1.42. The van der Waals surface area contributed by atoms with Gasteiger partial charge < -0.3 is 0 Å². The Bertz CT molecular complexity index is 291. The lowest BCUT2D eigenvalue weighted by atomic mass is 10.1. The second kappa shape index (κ2) is 2.75. The molecule has 1 aromatic rings. The second-order valence-corrected chi connectivity index (χ2v) is 2.84. The van der Waals surface area contributed by atoms with Crippen molar-refractivity contribution >= 4 is 0 Å². The molecular weight excluding hydrogens is 138 g/mol. The summed E-state index contributed by atoms with van der Waals surface area (Å²) in [4.78, 5) is 0. The molecule has 0 bridgehead atoms. The van der Waals surface area contributed by atoms with Crippen molar-refractivity contribution in [2.75, 3.05) is 0 Å². The first-order chi connectivity index (χ1) is 5.15. The largest absolute Gasteiger partial charge is 0.271 e. The van der Waals surface area contributed by atoms with Crippen molar-refractivity contribution < 1.29 is 0 Å². The van der Waals surface area contributed by atoms with E-state index in [9.17, 15) is 0 Å². The first kappa shape index (κ1) is 7.80. The van der Waals surface area contributed by atoms with Crippen LogP contribution in [0.5, 0.6) is 0 Å². The fourth-order valence-electron chi connectivity index (χ4n) is 1.08. The van der Waals surface area contributed by atoms with Crippen LogP contribution in [0.25, 0.3) is 0 Å². The molecule has 0 spiro atoms. The van der Waals surface area contributed by atoms with E-state index >= 15 is 0 Å². The van der Waals surface area contributed by atoms with Crippen LogP contribution in [-0.2, 0) is 7.05 Å². The molecular formula is C8H11N3. The van der Waals surface area contributed by atoms with Crippen LogP contribution in [0.2, 0.25) is 0 Å². The van der Waals surface area contributed by atoms with Gasteiger partial charge in [0.25, 0.3) is 0 Å². The van der Waals surface area contributed by atoms with Gasteiger partial charge in [0.15, 0.2) is 5.69 Å². The van der Waals surface area contributed by atoms with Crippen LogP contribution >= 0.6 is 0 Å². The Morgan fingerprint density at radius 1 is 1.64 bits per heavy atom. The van der Waals surface area contributed by atoms with Crippen LogP contribution in [0.3, 0.4) is 0 Å². The summed E-state index contributed by atoms with van der Waals surface area (Å²) in [7, 11) is 1.86. The highest BCUT2D eigenvalue weighted by Crippen LogP contribution is 2.13. The summed E-state index contributed by atoms with van der Waals surface area (Å²) in [6, 6.07) is 3.84. The smallest absolute Gasteiger partial charge is 0.162 e. The van der Waals surface area contributed by atoms with E-state index in [1.54, 1.807) is 4.68 Å². The molecule has 0 saturated carbocycles. The topological polar surface area (TPSA) is 41.6 Å².